The molecule has 0 aromatic heterocycles. The van der Waals surface area contributed by atoms with Gasteiger partial charge in [-0.05, 0) is 46.2 Å². The Morgan fingerprint density at radius 2 is 1.86 bits per heavy atom. The number of ether oxygens (including phenoxy) is 6. The lowest BCUT2D eigenvalue weighted by molar-refractivity contribution is -0.322. The van der Waals surface area contributed by atoms with Crippen molar-refractivity contribution >= 4 is 28.4 Å². The monoisotopic (exact) mass is 350 g/mol. The van der Waals surface area contributed by atoms with Crippen LogP contribution >= 0.6 is 24.0 Å². The highest BCUT2D eigenvalue weighted by atomic mass is 32.2. The van der Waals surface area contributed by atoms with Crippen LogP contribution in [0.1, 0.15) is 27.7 Å². The Hall–Kier alpha value is 0.0400. The Morgan fingerprint density at radius 3 is 2.45 bits per heavy atom. The maximum absolute atomic E-state index is 6.04. The van der Waals surface area contributed by atoms with Crippen LogP contribution in [0.4, 0.5) is 0 Å². The van der Waals surface area contributed by atoms with Gasteiger partial charge in [-0.15, -0.1) is 0 Å². The second-order valence-corrected chi connectivity index (χ2v) is 7.95. The van der Waals surface area contributed by atoms with Crippen molar-refractivity contribution in [3.8, 4) is 0 Å². The summed E-state index contributed by atoms with van der Waals surface area (Å²) in [5, 5.41) is 0. The van der Waals surface area contributed by atoms with Gasteiger partial charge in [0.1, 0.15) is 18.8 Å². The standard InChI is InChI=1S/C14H22O6S2/c1-12(2)16-7-14(20-12)10(17-11(21)22-5)9-8(6-15-14)18-13(3,4)19-9/h8-10H,6-7H2,1-5H3/t8-,9-,10+,14+/m1/s1. The lowest BCUT2D eigenvalue weighted by Gasteiger charge is -2.43. The topological polar surface area (TPSA) is 55.4 Å². The predicted molar refractivity (Wildman–Crippen MR) is 84.6 cm³/mol. The summed E-state index contributed by atoms with van der Waals surface area (Å²) in [4.78, 5) is 0. The summed E-state index contributed by atoms with van der Waals surface area (Å²) < 4.78 is 36.0. The molecule has 3 aliphatic rings. The molecule has 4 atom stereocenters. The minimum absolute atomic E-state index is 0.220. The van der Waals surface area contributed by atoms with Crippen LogP contribution < -0.4 is 0 Å². The summed E-state index contributed by atoms with van der Waals surface area (Å²) in [7, 11) is 0. The Labute approximate surface area is 140 Å². The predicted octanol–water partition coefficient (Wildman–Crippen LogP) is 2.05. The average molecular weight is 350 g/mol. The fourth-order valence-corrected chi connectivity index (χ4v) is 3.38. The van der Waals surface area contributed by atoms with Crippen molar-refractivity contribution in [1.82, 2.24) is 0 Å². The first kappa shape index (κ1) is 16.9. The number of rotatable bonds is 1. The van der Waals surface area contributed by atoms with Gasteiger partial charge < -0.3 is 28.4 Å². The molecular weight excluding hydrogens is 328 g/mol. The zero-order chi connectivity index (χ0) is 16.2. The summed E-state index contributed by atoms with van der Waals surface area (Å²) in [5.41, 5.74) is 0. The molecule has 0 radical (unpaired) electrons. The minimum atomic E-state index is -1.03. The molecule has 0 saturated carbocycles. The summed E-state index contributed by atoms with van der Waals surface area (Å²) in [6.45, 7) is 8.05. The van der Waals surface area contributed by atoms with Crippen molar-refractivity contribution in [1.29, 1.82) is 0 Å². The van der Waals surface area contributed by atoms with Crippen LogP contribution in [-0.2, 0) is 28.4 Å². The Kier molecular flexibility index (Phi) is 4.25. The number of hydrogen-bond acceptors (Lipinski definition) is 8. The molecule has 3 rings (SSSR count). The van der Waals surface area contributed by atoms with Gasteiger partial charge in [0.15, 0.2) is 17.7 Å². The van der Waals surface area contributed by atoms with Crippen molar-refractivity contribution in [2.45, 2.75) is 63.4 Å². The molecule has 0 aromatic carbocycles. The highest BCUT2D eigenvalue weighted by molar-refractivity contribution is 8.22. The summed E-state index contributed by atoms with van der Waals surface area (Å²) in [6, 6.07) is 0. The van der Waals surface area contributed by atoms with E-state index in [2.05, 4.69) is 0 Å². The van der Waals surface area contributed by atoms with Gasteiger partial charge in [-0.3, -0.25) is 0 Å². The zero-order valence-corrected chi connectivity index (χ0v) is 15.0. The number of fused-ring (bicyclic) bond motifs is 1. The van der Waals surface area contributed by atoms with E-state index in [0.717, 1.165) is 0 Å². The van der Waals surface area contributed by atoms with Crippen LogP contribution in [0.2, 0.25) is 0 Å². The van der Waals surface area contributed by atoms with Crippen LogP contribution in [0.15, 0.2) is 0 Å². The fraction of sp³-hybridized carbons (Fsp3) is 0.929. The second-order valence-electron chi connectivity index (χ2n) is 6.54. The van der Waals surface area contributed by atoms with Crippen LogP contribution in [0.5, 0.6) is 0 Å². The molecule has 3 heterocycles. The van der Waals surface area contributed by atoms with Crippen LogP contribution in [0, 0.1) is 0 Å². The maximum atomic E-state index is 6.04. The van der Waals surface area contributed by atoms with E-state index in [9.17, 15) is 0 Å². The quantitative estimate of drug-likeness (QED) is 0.666. The molecule has 0 unspecified atom stereocenters. The van der Waals surface area contributed by atoms with E-state index in [1.807, 2.05) is 34.0 Å². The molecule has 0 amide bonds. The molecule has 0 aliphatic carbocycles. The number of hydrogen-bond donors (Lipinski definition) is 0. The van der Waals surface area contributed by atoms with Gasteiger partial charge in [-0.1, -0.05) is 11.8 Å². The summed E-state index contributed by atoms with van der Waals surface area (Å²) in [5.74, 6) is -2.47. The molecular formula is C14H22O6S2. The molecule has 0 N–H and O–H groups in total. The van der Waals surface area contributed by atoms with Crippen molar-refractivity contribution in [3.05, 3.63) is 0 Å². The Bertz CT molecular complexity index is 466. The Balaban J connectivity index is 1.89. The first-order chi connectivity index (χ1) is 10.2. The van der Waals surface area contributed by atoms with E-state index in [-0.39, 0.29) is 18.8 Å². The lowest BCUT2D eigenvalue weighted by atomic mass is 9.97. The number of thioether (sulfide) groups is 1. The van der Waals surface area contributed by atoms with Gasteiger partial charge in [0.25, 0.3) is 0 Å². The molecule has 1 spiro atoms. The molecule has 0 aromatic rings. The van der Waals surface area contributed by atoms with E-state index in [1.165, 1.54) is 11.8 Å². The molecule has 0 bridgehead atoms. The number of thiocarbonyl (C=S) groups is 1. The average Bonchev–Trinajstić information content (AvgIpc) is 2.90. The molecule has 6 nitrogen and oxygen atoms in total. The van der Waals surface area contributed by atoms with Crippen molar-refractivity contribution in [3.63, 3.8) is 0 Å². The lowest BCUT2D eigenvalue weighted by Crippen LogP contribution is -2.63. The van der Waals surface area contributed by atoms with Crippen LogP contribution in [0.25, 0.3) is 0 Å². The van der Waals surface area contributed by atoms with Crippen LogP contribution in [0.3, 0.4) is 0 Å². The van der Waals surface area contributed by atoms with Crippen molar-refractivity contribution in [2.24, 2.45) is 0 Å². The van der Waals surface area contributed by atoms with E-state index < -0.39 is 23.5 Å². The third kappa shape index (κ3) is 3.02. The first-order valence-electron chi connectivity index (χ1n) is 7.25. The smallest absolute Gasteiger partial charge is 0.235 e. The van der Waals surface area contributed by atoms with E-state index in [4.69, 9.17) is 40.6 Å². The highest BCUT2D eigenvalue weighted by Gasteiger charge is 2.64. The van der Waals surface area contributed by atoms with Gasteiger partial charge >= 0.3 is 0 Å². The van der Waals surface area contributed by atoms with Gasteiger partial charge in [0, 0.05) is 0 Å². The SMILES string of the molecule is CSC(=S)O[C@H]1[C@@H]2OC(C)(C)O[C@@H]2CO[C@]12COC(C)(C)O2. The maximum Gasteiger partial charge on any atom is 0.235 e. The third-order valence-electron chi connectivity index (χ3n) is 3.87. The van der Waals surface area contributed by atoms with E-state index in [1.54, 1.807) is 0 Å². The van der Waals surface area contributed by atoms with Crippen molar-refractivity contribution < 1.29 is 28.4 Å². The molecule has 3 saturated heterocycles. The molecule has 8 heteroatoms. The molecule has 3 fully saturated rings. The summed E-state index contributed by atoms with van der Waals surface area (Å²) >= 11 is 6.58. The first-order valence-corrected chi connectivity index (χ1v) is 8.88. The van der Waals surface area contributed by atoms with E-state index >= 15 is 0 Å². The molecule has 22 heavy (non-hydrogen) atoms. The Morgan fingerprint density at radius 1 is 1.14 bits per heavy atom. The highest BCUT2D eigenvalue weighted by Crippen LogP contribution is 2.45. The fourth-order valence-electron chi connectivity index (χ4n) is 3.07. The molecule has 3 aliphatic heterocycles. The zero-order valence-electron chi connectivity index (χ0n) is 13.4. The van der Waals surface area contributed by atoms with Crippen LogP contribution in [-0.4, -0.2) is 59.5 Å². The third-order valence-corrected chi connectivity index (χ3v) is 4.90. The van der Waals surface area contributed by atoms with Crippen molar-refractivity contribution in [2.75, 3.05) is 19.5 Å². The van der Waals surface area contributed by atoms with Gasteiger partial charge in [0.05, 0.1) is 6.61 Å². The van der Waals surface area contributed by atoms with Gasteiger partial charge in [-0.25, -0.2) is 0 Å². The van der Waals surface area contributed by atoms with Gasteiger partial charge in [0.2, 0.25) is 10.2 Å². The normalized spacial score (nSPS) is 42.3. The summed E-state index contributed by atoms with van der Waals surface area (Å²) in [6.07, 6.45) is 0.769. The minimum Gasteiger partial charge on any atom is -0.466 e. The van der Waals surface area contributed by atoms with Gasteiger partial charge in [-0.2, -0.15) is 0 Å². The van der Waals surface area contributed by atoms with E-state index in [0.29, 0.717) is 11.0 Å². The molecule has 126 valence electrons. The largest absolute Gasteiger partial charge is 0.466 e. The second kappa shape index (κ2) is 5.54.